The van der Waals surface area contributed by atoms with Gasteiger partial charge in [-0.2, -0.15) is 0 Å². The van der Waals surface area contributed by atoms with Gasteiger partial charge in [0.1, 0.15) is 6.10 Å². The highest BCUT2D eigenvalue weighted by atomic mass is 16.6. The molecule has 3 atom stereocenters. The van der Waals surface area contributed by atoms with Gasteiger partial charge in [-0.15, -0.1) is 0 Å². The van der Waals surface area contributed by atoms with Crippen LogP contribution in [0.15, 0.2) is 0 Å². The maximum atomic E-state index is 11.3. The molecule has 3 unspecified atom stereocenters. The zero-order chi connectivity index (χ0) is 8.65. The van der Waals surface area contributed by atoms with Gasteiger partial charge in [0.15, 0.2) is 0 Å². The minimum atomic E-state index is -0.237. The second-order valence-corrected chi connectivity index (χ2v) is 3.67. The monoisotopic (exact) mass is 156 g/mol. The summed E-state index contributed by atoms with van der Waals surface area (Å²) in [5.74, 6) is 0.319. The van der Waals surface area contributed by atoms with Crippen molar-refractivity contribution in [1.29, 1.82) is 0 Å². The molecule has 0 aromatic heterocycles. The third kappa shape index (κ3) is 1.05. The lowest BCUT2D eigenvalue weighted by molar-refractivity contribution is -0.147. The van der Waals surface area contributed by atoms with Gasteiger partial charge in [-0.05, 0) is 20.3 Å². The molecule has 0 amide bonds. The van der Waals surface area contributed by atoms with Gasteiger partial charge >= 0.3 is 5.97 Å². The number of carbonyl (C=O) groups excluding carboxylic acids is 1. The number of carbonyl (C=O) groups is 1. The molecule has 0 N–H and O–H groups in total. The molecule has 1 aliphatic rings. The van der Waals surface area contributed by atoms with E-state index in [1.807, 2.05) is 20.8 Å². The predicted octanol–water partition coefficient (Wildman–Crippen LogP) is 1.98. The molecule has 1 aliphatic heterocycles. The smallest absolute Gasteiger partial charge is 0.312 e. The van der Waals surface area contributed by atoms with Crippen molar-refractivity contribution in [2.24, 2.45) is 11.3 Å². The summed E-state index contributed by atoms with van der Waals surface area (Å²) in [6, 6.07) is 0. The van der Waals surface area contributed by atoms with Crippen molar-refractivity contribution in [2.45, 2.75) is 40.2 Å². The normalized spacial score (nSPS) is 44.2. The number of cyclic esters (lactones) is 1. The minimum absolute atomic E-state index is 0.0278. The number of ether oxygens (including phenoxy) is 1. The van der Waals surface area contributed by atoms with Crippen LogP contribution >= 0.6 is 0 Å². The SMILES string of the molecule is CCC1(C)C(=O)OC(C)C1C. The van der Waals surface area contributed by atoms with Gasteiger partial charge in [0.05, 0.1) is 5.41 Å². The Kier molecular flexibility index (Phi) is 1.95. The average molecular weight is 156 g/mol. The summed E-state index contributed by atoms with van der Waals surface area (Å²) in [5, 5.41) is 0. The van der Waals surface area contributed by atoms with Crippen molar-refractivity contribution in [3.63, 3.8) is 0 Å². The molecule has 11 heavy (non-hydrogen) atoms. The lowest BCUT2D eigenvalue weighted by Gasteiger charge is -2.22. The maximum Gasteiger partial charge on any atom is 0.312 e. The summed E-state index contributed by atoms with van der Waals surface area (Å²) in [6.07, 6.45) is 0.963. The summed E-state index contributed by atoms with van der Waals surface area (Å²) in [4.78, 5) is 11.3. The number of hydrogen-bond donors (Lipinski definition) is 0. The van der Waals surface area contributed by atoms with Crippen molar-refractivity contribution in [3.05, 3.63) is 0 Å². The fourth-order valence-corrected chi connectivity index (χ4v) is 1.58. The quantitative estimate of drug-likeness (QED) is 0.543. The van der Waals surface area contributed by atoms with Gasteiger partial charge in [-0.25, -0.2) is 0 Å². The summed E-state index contributed by atoms with van der Waals surface area (Å²) < 4.78 is 5.14. The molecule has 1 heterocycles. The minimum Gasteiger partial charge on any atom is -0.462 e. The van der Waals surface area contributed by atoms with Crippen LogP contribution in [-0.4, -0.2) is 12.1 Å². The van der Waals surface area contributed by atoms with E-state index < -0.39 is 0 Å². The summed E-state index contributed by atoms with van der Waals surface area (Å²) >= 11 is 0. The molecule has 0 aliphatic carbocycles. The molecule has 0 saturated carbocycles. The van der Waals surface area contributed by atoms with Gasteiger partial charge in [0, 0.05) is 5.92 Å². The Morgan fingerprint density at radius 1 is 1.55 bits per heavy atom. The van der Waals surface area contributed by atoms with E-state index in [0.29, 0.717) is 5.92 Å². The molecule has 1 saturated heterocycles. The fraction of sp³-hybridized carbons (Fsp3) is 0.889. The molecule has 1 fully saturated rings. The van der Waals surface area contributed by atoms with Crippen LogP contribution in [0.4, 0.5) is 0 Å². The predicted molar refractivity (Wildman–Crippen MR) is 43.1 cm³/mol. The van der Waals surface area contributed by atoms with Crippen molar-refractivity contribution in [2.75, 3.05) is 0 Å². The highest BCUT2D eigenvalue weighted by Gasteiger charge is 2.48. The van der Waals surface area contributed by atoms with Crippen molar-refractivity contribution >= 4 is 5.97 Å². The second kappa shape index (κ2) is 2.50. The van der Waals surface area contributed by atoms with E-state index in [0.717, 1.165) is 6.42 Å². The van der Waals surface area contributed by atoms with E-state index in [1.54, 1.807) is 0 Å². The molecule has 0 aromatic carbocycles. The molecule has 0 radical (unpaired) electrons. The molecule has 2 heteroatoms. The Labute approximate surface area is 67.9 Å². The topological polar surface area (TPSA) is 26.3 Å². The largest absolute Gasteiger partial charge is 0.462 e. The van der Waals surface area contributed by atoms with Gasteiger partial charge in [-0.3, -0.25) is 4.79 Å². The van der Waals surface area contributed by atoms with Crippen LogP contribution in [0.1, 0.15) is 34.1 Å². The van der Waals surface area contributed by atoms with E-state index in [2.05, 4.69) is 6.92 Å². The van der Waals surface area contributed by atoms with Crippen LogP contribution in [0.2, 0.25) is 0 Å². The van der Waals surface area contributed by atoms with Crippen molar-refractivity contribution in [3.8, 4) is 0 Å². The molecule has 0 bridgehead atoms. The summed E-state index contributed by atoms with van der Waals surface area (Å²) in [7, 11) is 0. The molecule has 2 nitrogen and oxygen atoms in total. The number of hydrogen-bond acceptors (Lipinski definition) is 2. The molecule has 0 aromatic rings. The first kappa shape index (κ1) is 8.57. The lowest BCUT2D eigenvalue weighted by atomic mass is 9.76. The van der Waals surface area contributed by atoms with Crippen molar-refractivity contribution < 1.29 is 9.53 Å². The first-order valence-corrected chi connectivity index (χ1v) is 4.23. The summed E-state index contributed by atoms with van der Waals surface area (Å²) in [5.41, 5.74) is -0.237. The number of esters is 1. The first-order valence-electron chi connectivity index (χ1n) is 4.23. The highest BCUT2D eigenvalue weighted by Crippen LogP contribution is 2.41. The third-order valence-corrected chi connectivity index (χ3v) is 3.20. The molecular formula is C9H16O2. The van der Waals surface area contributed by atoms with Gasteiger partial charge in [0.25, 0.3) is 0 Å². The maximum absolute atomic E-state index is 11.3. The van der Waals surface area contributed by atoms with E-state index >= 15 is 0 Å². The van der Waals surface area contributed by atoms with Crippen molar-refractivity contribution in [1.82, 2.24) is 0 Å². The van der Waals surface area contributed by atoms with E-state index in [-0.39, 0.29) is 17.5 Å². The van der Waals surface area contributed by atoms with Gasteiger partial charge < -0.3 is 4.74 Å². The van der Waals surface area contributed by atoms with Crippen LogP contribution in [-0.2, 0) is 9.53 Å². The number of rotatable bonds is 1. The Bertz CT molecular complexity index is 176. The zero-order valence-corrected chi connectivity index (χ0v) is 7.68. The fourth-order valence-electron chi connectivity index (χ4n) is 1.58. The summed E-state index contributed by atoms with van der Waals surface area (Å²) in [6.45, 7) is 8.07. The van der Waals surface area contributed by atoms with Gasteiger partial charge in [-0.1, -0.05) is 13.8 Å². The van der Waals surface area contributed by atoms with Crippen LogP contribution in [0.3, 0.4) is 0 Å². The van der Waals surface area contributed by atoms with Crippen LogP contribution in [0, 0.1) is 11.3 Å². The Morgan fingerprint density at radius 3 is 2.27 bits per heavy atom. The zero-order valence-electron chi connectivity index (χ0n) is 7.68. The molecule has 64 valence electrons. The highest BCUT2D eigenvalue weighted by molar-refractivity contribution is 5.79. The lowest BCUT2D eigenvalue weighted by Crippen LogP contribution is -2.28. The van der Waals surface area contributed by atoms with E-state index in [1.165, 1.54) is 0 Å². The van der Waals surface area contributed by atoms with Crippen LogP contribution < -0.4 is 0 Å². The molecule has 0 spiro atoms. The Morgan fingerprint density at radius 2 is 2.09 bits per heavy atom. The standard InChI is InChI=1S/C9H16O2/c1-5-9(4)6(2)7(3)11-8(9)10/h6-7H,5H2,1-4H3. The Balaban J connectivity index is 2.87. The Hall–Kier alpha value is -0.530. The van der Waals surface area contributed by atoms with E-state index in [9.17, 15) is 4.79 Å². The first-order chi connectivity index (χ1) is 5.02. The van der Waals surface area contributed by atoms with Crippen LogP contribution in [0.5, 0.6) is 0 Å². The van der Waals surface area contributed by atoms with Gasteiger partial charge in [0.2, 0.25) is 0 Å². The van der Waals surface area contributed by atoms with E-state index in [4.69, 9.17) is 4.74 Å². The third-order valence-electron chi connectivity index (χ3n) is 3.20. The molecular weight excluding hydrogens is 140 g/mol. The molecule has 1 rings (SSSR count). The average Bonchev–Trinajstić information content (AvgIpc) is 2.16. The second-order valence-electron chi connectivity index (χ2n) is 3.67. The van der Waals surface area contributed by atoms with Crippen LogP contribution in [0.25, 0.3) is 0 Å².